The Morgan fingerprint density at radius 1 is 0.466 bits per heavy atom. The zero-order valence-electron chi connectivity index (χ0n) is 31.5. The maximum Gasteiger partial charge on any atom is 0.184 e. The fourth-order valence-corrected chi connectivity index (χ4v) is 14.1. The van der Waals surface area contributed by atoms with Crippen LogP contribution in [0.4, 0.5) is 17.1 Å². The van der Waals surface area contributed by atoms with Crippen molar-refractivity contribution in [3.05, 3.63) is 219 Å². The fraction of sp³-hybridized carbons (Fsp3) is 0. The minimum atomic E-state index is -2.94. The Balaban J connectivity index is 1.24. The summed E-state index contributed by atoms with van der Waals surface area (Å²) in [7, 11) is -2.94. The predicted molar refractivity (Wildman–Crippen MR) is 240 cm³/mol. The van der Waals surface area contributed by atoms with Gasteiger partial charge in [-0.15, -0.1) is 0 Å². The Morgan fingerprint density at radius 2 is 1.12 bits per heavy atom. The number of fused-ring (bicyclic) bond motifs is 6. The third-order valence-electron chi connectivity index (χ3n) is 11.4. The number of aromatic nitrogens is 3. The van der Waals surface area contributed by atoms with E-state index in [1.165, 1.54) is 26.4 Å². The molecule has 5 nitrogen and oxygen atoms in total. The van der Waals surface area contributed by atoms with E-state index in [2.05, 4.69) is 178 Å². The van der Waals surface area contributed by atoms with Gasteiger partial charge in [0.25, 0.3) is 0 Å². The third-order valence-corrected chi connectivity index (χ3v) is 16.2. The molecule has 0 aliphatic carbocycles. The second-order valence-electron chi connectivity index (χ2n) is 14.6. The normalized spacial score (nSPS) is 12.9. The van der Waals surface area contributed by atoms with Crippen molar-refractivity contribution >= 4 is 67.7 Å². The molecule has 0 saturated carbocycles. The molecule has 0 fully saturated rings. The van der Waals surface area contributed by atoms with E-state index in [0.29, 0.717) is 0 Å². The van der Waals surface area contributed by atoms with E-state index in [4.69, 9.17) is 9.72 Å². The zero-order chi connectivity index (χ0) is 38.5. The van der Waals surface area contributed by atoms with Crippen molar-refractivity contribution in [2.24, 2.45) is 0 Å². The molecular weight excluding hydrogens is 725 g/mol. The van der Waals surface area contributed by atoms with Crippen molar-refractivity contribution in [2.45, 2.75) is 0 Å². The third kappa shape index (κ3) is 5.30. The van der Waals surface area contributed by atoms with Crippen LogP contribution in [0.1, 0.15) is 0 Å². The molecule has 6 heteroatoms. The molecule has 58 heavy (non-hydrogen) atoms. The van der Waals surface area contributed by atoms with Gasteiger partial charge in [0.05, 0.1) is 22.4 Å². The molecule has 1 aliphatic rings. The number of para-hydroxylation sites is 2. The first-order valence-electron chi connectivity index (χ1n) is 19.6. The molecule has 11 rings (SSSR count). The number of nitrogens with zero attached hydrogens (tertiary/aromatic N) is 4. The van der Waals surface area contributed by atoms with Gasteiger partial charge in [-0.25, -0.2) is 4.98 Å². The van der Waals surface area contributed by atoms with Gasteiger partial charge in [-0.2, -0.15) is 0 Å². The first-order chi connectivity index (χ1) is 28.8. The first kappa shape index (κ1) is 33.8. The SMILES string of the molecule is c1ccc(N2c3ccccc3[Si](c3ccccc3)(c3ccccc3)c3ccc4c5ccc(Oc6cccc(-c7ccccn7)c6)cc5n(-c5ccccn5)c4c32)cc1. The summed E-state index contributed by atoms with van der Waals surface area (Å²) in [6.45, 7) is 0. The molecule has 4 heterocycles. The van der Waals surface area contributed by atoms with Crippen molar-refractivity contribution in [3.8, 4) is 28.6 Å². The van der Waals surface area contributed by atoms with Gasteiger partial charge in [-0.3, -0.25) is 9.55 Å². The van der Waals surface area contributed by atoms with E-state index in [1.54, 1.807) is 0 Å². The highest BCUT2D eigenvalue weighted by Gasteiger charge is 2.49. The van der Waals surface area contributed by atoms with E-state index in [1.807, 2.05) is 54.9 Å². The number of hydrogen-bond donors (Lipinski definition) is 0. The summed E-state index contributed by atoms with van der Waals surface area (Å²) in [6, 6.07) is 73.6. The summed E-state index contributed by atoms with van der Waals surface area (Å²) in [6.07, 6.45) is 3.69. The first-order valence-corrected chi connectivity index (χ1v) is 21.6. The van der Waals surface area contributed by atoms with Gasteiger partial charge >= 0.3 is 0 Å². The van der Waals surface area contributed by atoms with E-state index in [0.717, 1.165) is 61.8 Å². The second-order valence-corrected chi connectivity index (χ2v) is 18.3. The maximum absolute atomic E-state index is 6.67. The molecule has 0 bridgehead atoms. The van der Waals surface area contributed by atoms with Gasteiger partial charge in [0.1, 0.15) is 17.3 Å². The number of hydrogen-bond acceptors (Lipinski definition) is 4. The Kier molecular flexibility index (Phi) is 8.08. The lowest BCUT2D eigenvalue weighted by Gasteiger charge is -2.45. The maximum atomic E-state index is 6.67. The minimum Gasteiger partial charge on any atom is -0.457 e. The standard InChI is InChI=1S/C52H36N4OSi/c1-4-18-38(19-5-1)55-46-26-10-11-27-48(46)58(41-21-6-2-7-22-41,42-23-8-3-9-24-42)49-32-31-44-43-30-29-40(57-39-20-16-17-37(35-39)45-25-12-14-33-53-45)36-47(43)56(51(44)52(49)55)50-28-13-15-34-54-50/h1-36H. The van der Waals surface area contributed by atoms with Crippen LogP contribution in [-0.4, -0.2) is 22.6 Å². The number of rotatable bonds is 7. The van der Waals surface area contributed by atoms with E-state index in [9.17, 15) is 0 Å². The lowest BCUT2D eigenvalue weighted by Crippen LogP contribution is -2.77. The van der Waals surface area contributed by atoms with E-state index < -0.39 is 8.07 Å². The average molecular weight is 761 g/mol. The van der Waals surface area contributed by atoms with Gasteiger partial charge in [-0.1, -0.05) is 133 Å². The van der Waals surface area contributed by atoms with Crippen molar-refractivity contribution in [1.29, 1.82) is 0 Å². The number of anilines is 3. The van der Waals surface area contributed by atoms with Crippen molar-refractivity contribution < 1.29 is 4.74 Å². The smallest absolute Gasteiger partial charge is 0.184 e. The van der Waals surface area contributed by atoms with Crippen LogP contribution in [-0.2, 0) is 0 Å². The van der Waals surface area contributed by atoms with E-state index in [-0.39, 0.29) is 0 Å². The van der Waals surface area contributed by atoms with Crippen LogP contribution >= 0.6 is 0 Å². The monoisotopic (exact) mass is 760 g/mol. The summed E-state index contributed by atoms with van der Waals surface area (Å²) in [5, 5.41) is 7.62. The molecule has 0 atom stereocenters. The summed E-state index contributed by atoms with van der Waals surface area (Å²) < 4.78 is 9.02. The van der Waals surface area contributed by atoms with Gasteiger partial charge < -0.3 is 9.64 Å². The molecule has 10 aromatic rings. The van der Waals surface area contributed by atoms with Crippen molar-refractivity contribution in [2.75, 3.05) is 4.90 Å². The Hall–Kier alpha value is -7.54. The quantitative estimate of drug-likeness (QED) is 0.152. The van der Waals surface area contributed by atoms with Crippen LogP contribution in [0.3, 0.4) is 0 Å². The summed E-state index contributed by atoms with van der Waals surface area (Å²) in [5.41, 5.74) is 7.46. The summed E-state index contributed by atoms with van der Waals surface area (Å²) >= 11 is 0. The lowest BCUT2D eigenvalue weighted by molar-refractivity contribution is 0.483. The van der Waals surface area contributed by atoms with Crippen LogP contribution in [0, 0.1) is 0 Å². The van der Waals surface area contributed by atoms with Crippen molar-refractivity contribution in [1.82, 2.24) is 14.5 Å². The minimum absolute atomic E-state index is 0.738. The molecule has 0 amide bonds. The molecule has 0 unspecified atom stereocenters. The van der Waals surface area contributed by atoms with Gasteiger partial charge in [0, 0.05) is 46.2 Å². The predicted octanol–water partition coefficient (Wildman–Crippen LogP) is 10.2. The van der Waals surface area contributed by atoms with Crippen molar-refractivity contribution in [3.63, 3.8) is 0 Å². The van der Waals surface area contributed by atoms with Gasteiger partial charge in [0.2, 0.25) is 0 Å². The van der Waals surface area contributed by atoms with Crippen LogP contribution in [0.15, 0.2) is 219 Å². The molecule has 0 spiro atoms. The number of ether oxygens (including phenoxy) is 1. The van der Waals surface area contributed by atoms with Crippen LogP contribution in [0.2, 0.25) is 0 Å². The highest BCUT2D eigenvalue weighted by molar-refractivity contribution is 7.21. The van der Waals surface area contributed by atoms with Crippen LogP contribution in [0.5, 0.6) is 11.5 Å². The van der Waals surface area contributed by atoms with E-state index >= 15 is 0 Å². The Morgan fingerprint density at radius 3 is 1.84 bits per heavy atom. The second kappa shape index (κ2) is 13.9. The zero-order valence-corrected chi connectivity index (χ0v) is 32.5. The van der Waals surface area contributed by atoms with Crippen LogP contribution in [0.25, 0.3) is 38.9 Å². The largest absolute Gasteiger partial charge is 0.457 e. The Labute approximate surface area is 337 Å². The average Bonchev–Trinajstić information content (AvgIpc) is 3.63. The lowest BCUT2D eigenvalue weighted by atomic mass is 10.1. The summed E-state index contributed by atoms with van der Waals surface area (Å²) in [5.74, 6) is 2.32. The molecule has 7 aromatic carbocycles. The molecule has 274 valence electrons. The Bertz CT molecular complexity index is 3040. The topological polar surface area (TPSA) is 43.2 Å². The van der Waals surface area contributed by atoms with Crippen LogP contribution < -0.4 is 30.4 Å². The molecular formula is C52H36N4OSi. The molecule has 0 saturated heterocycles. The highest BCUT2D eigenvalue weighted by Crippen LogP contribution is 2.46. The molecule has 0 radical (unpaired) electrons. The molecule has 0 N–H and O–H groups in total. The fourth-order valence-electron chi connectivity index (χ4n) is 9.03. The number of pyridine rings is 2. The summed E-state index contributed by atoms with van der Waals surface area (Å²) in [4.78, 5) is 12.1. The number of benzene rings is 7. The van der Waals surface area contributed by atoms with Gasteiger partial charge in [0.15, 0.2) is 8.07 Å². The van der Waals surface area contributed by atoms with Gasteiger partial charge in [-0.05, 0) is 87.5 Å². The molecule has 3 aromatic heterocycles. The highest BCUT2D eigenvalue weighted by atomic mass is 28.3. The molecule has 1 aliphatic heterocycles.